The van der Waals surface area contributed by atoms with Crippen LogP contribution in [-0.4, -0.2) is 24.0 Å². The van der Waals surface area contributed by atoms with E-state index in [4.69, 9.17) is 0 Å². The average molecular weight is 284 g/mol. The Kier molecular flexibility index (Phi) is 4.66. The van der Waals surface area contributed by atoms with Crippen molar-refractivity contribution in [1.82, 2.24) is 10.3 Å². The number of nitrogens with one attached hydrogen (secondary N) is 1. The smallest absolute Gasteiger partial charge is 0.356 e. The predicted octanol–water partition coefficient (Wildman–Crippen LogP) is 2.11. The molecule has 0 fully saturated rings. The van der Waals surface area contributed by atoms with Gasteiger partial charge < -0.3 is 10.1 Å². The monoisotopic (exact) mass is 284 g/mol. The number of ether oxygens (including phenoxy) is 1. The first-order valence-electron chi connectivity index (χ1n) is 6.49. The number of hydrogen-bond donors (Lipinski definition) is 1. The molecular formula is C16H16N2O3. The number of hydrogen-bond acceptors (Lipinski definition) is 4. The first kappa shape index (κ1) is 14.7. The molecule has 0 unspecified atom stereocenters. The van der Waals surface area contributed by atoms with Gasteiger partial charge in [0.15, 0.2) is 0 Å². The summed E-state index contributed by atoms with van der Waals surface area (Å²) in [7, 11) is 1.27. The van der Waals surface area contributed by atoms with Crippen molar-refractivity contribution in [3.8, 4) is 0 Å². The lowest BCUT2D eigenvalue weighted by Crippen LogP contribution is -2.24. The predicted molar refractivity (Wildman–Crippen MR) is 77.9 cm³/mol. The van der Waals surface area contributed by atoms with Gasteiger partial charge in [-0.1, -0.05) is 35.9 Å². The van der Waals surface area contributed by atoms with Crippen molar-refractivity contribution in [3.05, 3.63) is 65.0 Å². The molecule has 21 heavy (non-hydrogen) atoms. The van der Waals surface area contributed by atoms with Gasteiger partial charge in [-0.2, -0.15) is 0 Å². The third-order valence-electron chi connectivity index (χ3n) is 2.95. The van der Waals surface area contributed by atoms with Gasteiger partial charge in [-0.25, -0.2) is 9.78 Å². The minimum Gasteiger partial charge on any atom is -0.464 e. The molecule has 0 saturated heterocycles. The molecule has 0 spiro atoms. The fraction of sp³-hybridized carbons (Fsp3) is 0.188. The molecule has 5 heteroatoms. The molecule has 2 aromatic rings. The number of aryl methyl sites for hydroxylation is 1. The van der Waals surface area contributed by atoms with Crippen LogP contribution in [0.3, 0.4) is 0 Å². The average Bonchev–Trinajstić information content (AvgIpc) is 2.53. The number of pyridine rings is 1. The van der Waals surface area contributed by atoms with E-state index in [1.165, 1.54) is 13.2 Å². The van der Waals surface area contributed by atoms with Crippen LogP contribution in [0.1, 0.15) is 32.1 Å². The lowest BCUT2D eigenvalue weighted by atomic mass is 10.1. The fourth-order valence-electron chi connectivity index (χ4n) is 1.76. The van der Waals surface area contributed by atoms with E-state index in [1.54, 1.807) is 12.1 Å². The van der Waals surface area contributed by atoms with E-state index in [0.717, 1.165) is 11.1 Å². The van der Waals surface area contributed by atoms with Crippen molar-refractivity contribution in [2.75, 3.05) is 7.11 Å². The Morgan fingerprint density at radius 3 is 2.43 bits per heavy atom. The second-order valence-electron chi connectivity index (χ2n) is 4.57. The Hall–Kier alpha value is -2.69. The number of benzene rings is 1. The number of amides is 1. The first-order chi connectivity index (χ1) is 10.1. The standard InChI is InChI=1S/C16H16N2O3/c1-11-6-8-12(9-7-11)10-17-15(19)13-4-3-5-14(18-13)16(20)21-2/h3-9H,10H2,1-2H3,(H,17,19). The minimum absolute atomic E-state index is 0.112. The summed E-state index contributed by atoms with van der Waals surface area (Å²) in [5.41, 5.74) is 2.46. The van der Waals surface area contributed by atoms with Crippen LogP contribution in [-0.2, 0) is 11.3 Å². The third-order valence-corrected chi connectivity index (χ3v) is 2.95. The lowest BCUT2D eigenvalue weighted by molar-refractivity contribution is 0.0594. The molecule has 2 rings (SSSR count). The molecule has 0 aliphatic heterocycles. The molecule has 0 bridgehead atoms. The van der Waals surface area contributed by atoms with Crippen molar-refractivity contribution >= 4 is 11.9 Å². The van der Waals surface area contributed by atoms with Crippen LogP contribution in [0.15, 0.2) is 42.5 Å². The molecule has 0 atom stereocenters. The molecule has 1 N–H and O–H groups in total. The molecule has 1 aromatic carbocycles. The molecule has 0 radical (unpaired) electrons. The minimum atomic E-state index is -0.566. The normalized spacial score (nSPS) is 10.0. The number of carbonyl (C=O) groups excluding carboxylic acids is 2. The zero-order valence-electron chi connectivity index (χ0n) is 11.9. The van der Waals surface area contributed by atoms with Crippen LogP contribution in [0.4, 0.5) is 0 Å². The number of aromatic nitrogens is 1. The maximum Gasteiger partial charge on any atom is 0.356 e. The number of esters is 1. The van der Waals surface area contributed by atoms with Crippen molar-refractivity contribution in [2.24, 2.45) is 0 Å². The summed E-state index contributed by atoms with van der Waals surface area (Å²) in [6.07, 6.45) is 0. The van der Waals surface area contributed by atoms with E-state index in [-0.39, 0.29) is 17.3 Å². The van der Waals surface area contributed by atoms with E-state index in [0.29, 0.717) is 6.54 Å². The molecule has 5 nitrogen and oxygen atoms in total. The van der Waals surface area contributed by atoms with Crippen LogP contribution in [0.5, 0.6) is 0 Å². The van der Waals surface area contributed by atoms with Gasteiger partial charge in [0.25, 0.3) is 5.91 Å². The van der Waals surface area contributed by atoms with Crippen LogP contribution in [0.2, 0.25) is 0 Å². The molecule has 1 heterocycles. The maximum absolute atomic E-state index is 12.0. The molecule has 0 aliphatic carbocycles. The zero-order valence-corrected chi connectivity index (χ0v) is 11.9. The number of carbonyl (C=O) groups is 2. The van der Waals surface area contributed by atoms with Crippen LogP contribution < -0.4 is 5.32 Å². The largest absolute Gasteiger partial charge is 0.464 e. The zero-order chi connectivity index (χ0) is 15.2. The third kappa shape index (κ3) is 3.89. The van der Waals surface area contributed by atoms with E-state index < -0.39 is 5.97 Å². The van der Waals surface area contributed by atoms with Crippen molar-refractivity contribution in [1.29, 1.82) is 0 Å². The van der Waals surface area contributed by atoms with Gasteiger partial charge in [-0.3, -0.25) is 4.79 Å². The molecule has 0 aliphatic rings. The van der Waals surface area contributed by atoms with Crippen molar-refractivity contribution in [3.63, 3.8) is 0 Å². The number of methoxy groups -OCH3 is 1. The summed E-state index contributed by atoms with van der Waals surface area (Å²) >= 11 is 0. The van der Waals surface area contributed by atoms with E-state index in [2.05, 4.69) is 15.0 Å². The van der Waals surface area contributed by atoms with Gasteiger partial charge in [-0.15, -0.1) is 0 Å². The van der Waals surface area contributed by atoms with Crippen LogP contribution in [0.25, 0.3) is 0 Å². The second-order valence-corrected chi connectivity index (χ2v) is 4.57. The van der Waals surface area contributed by atoms with Gasteiger partial charge in [0.2, 0.25) is 0 Å². The van der Waals surface area contributed by atoms with Crippen LogP contribution in [0, 0.1) is 6.92 Å². The summed E-state index contributed by atoms with van der Waals surface area (Å²) in [6.45, 7) is 2.41. The summed E-state index contributed by atoms with van der Waals surface area (Å²) in [5, 5.41) is 2.77. The van der Waals surface area contributed by atoms with Gasteiger partial charge in [0, 0.05) is 6.54 Å². The first-order valence-corrected chi connectivity index (χ1v) is 6.49. The summed E-state index contributed by atoms with van der Waals surface area (Å²) < 4.78 is 4.58. The number of nitrogens with zero attached hydrogens (tertiary/aromatic N) is 1. The molecular weight excluding hydrogens is 268 g/mol. The van der Waals surface area contributed by atoms with Gasteiger partial charge in [0.05, 0.1) is 7.11 Å². The van der Waals surface area contributed by atoms with Gasteiger partial charge in [0.1, 0.15) is 11.4 Å². The maximum atomic E-state index is 12.0. The topological polar surface area (TPSA) is 68.3 Å². The van der Waals surface area contributed by atoms with E-state index in [9.17, 15) is 9.59 Å². The molecule has 0 saturated carbocycles. The highest BCUT2D eigenvalue weighted by Gasteiger charge is 2.12. The van der Waals surface area contributed by atoms with Crippen molar-refractivity contribution in [2.45, 2.75) is 13.5 Å². The summed E-state index contributed by atoms with van der Waals surface area (Å²) in [6, 6.07) is 12.5. The quantitative estimate of drug-likeness (QED) is 0.873. The second kappa shape index (κ2) is 6.65. The Labute approximate surface area is 123 Å². The highest BCUT2D eigenvalue weighted by atomic mass is 16.5. The Morgan fingerprint density at radius 2 is 1.76 bits per heavy atom. The van der Waals surface area contributed by atoms with Crippen molar-refractivity contribution < 1.29 is 14.3 Å². The lowest BCUT2D eigenvalue weighted by Gasteiger charge is -2.06. The highest BCUT2D eigenvalue weighted by Crippen LogP contribution is 2.04. The number of rotatable bonds is 4. The van der Waals surface area contributed by atoms with E-state index >= 15 is 0 Å². The molecule has 1 amide bonds. The Morgan fingerprint density at radius 1 is 1.10 bits per heavy atom. The summed E-state index contributed by atoms with van der Waals surface area (Å²) in [4.78, 5) is 27.4. The summed E-state index contributed by atoms with van der Waals surface area (Å²) in [5.74, 6) is -0.899. The van der Waals surface area contributed by atoms with Gasteiger partial charge in [-0.05, 0) is 24.6 Å². The van der Waals surface area contributed by atoms with Gasteiger partial charge >= 0.3 is 5.97 Å². The highest BCUT2D eigenvalue weighted by molar-refractivity contribution is 5.94. The molecule has 1 aromatic heterocycles. The Bertz CT molecular complexity index is 651. The SMILES string of the molecule is COC(=O)c1cccc(C(=O)NCc2ccc(C)cc2)n1. The van der Waals surface area contributed by atoms with E-state index in [1.807, 2.05) is 31.2 Å². The fourth-order valence-corrected chi connectivity index (χ4v) is 1.76. The Balaban J connectivity index is 2.03. The van der Waals surface area contributed by atoms with Crippen LogP contribution >= 0.6 is 0 Å². The molecule has 108 valence electrons.